The second-order valence-electron chi connectivity index (χ2n) is 7.32. The van der Waals surface area contributed by atoms with Crippen molar-refractivity contribution in [1.82, 2.24) is 10.7 Å². The van der Waals surface area contributed by atoms with Gasteiger partial charge in [-0.2, -0.15) is 5.10 Å². The maximum atomic E-state index is 12.6. The highest BCUT2D eigenvalue weighted by Gasteiger charge is 2.24. The summed E-state index contributed by atoms with van der Waals surface area (Å²) in [6, 6.07) is 9.25. The minimum absolute atomic E-state index is 0.148. The summed E-state index contributed by atoms with van der Waals surface area (Å²) in [4.78, 5) is 25.1. The molecular weight excluding hydrogens is 498 g/mol. The van der Waals surface area contributed by atoms with Crippen LogP contribution in [0, 0.1) is 5.92 Å². The van der Waals surface area contributed by atoms with Crippen molar-refractivity contribution < 1.29 is 19.1 Å². The molecule has 0 fully saturated rings. The van der Waals surface area contributed by atoms with Gasteiger partial charge in [-0.25, -0.2) is 5.43 Å². The van der Waals surface area contributed by atoms with Crippen LogP contribution < -0.4 is 20.2 Å². The van der Waals surface area contributed by atoms with Crippen LogP contribution in [-0.2, 0) is 4.79 Å². The lowest BCUT2D eigenvalue weighted by Crippen LogP contribution is -2.48. The number of hydrazone groups is 1. The van der Waals surface area contributed by atoms with Gasteiger partial charge in [-0.1, -0.05) is 32.4 Å². The average Bonchev–Trinajstić information content (AvgIpc) is 2.76. The number of ether oxygens (including phenoxy) is 2. The van der Waals surface area contributed by atoms with E-state index in [9.17, 15) is 9.59 Å². The normalized spacial score (nSPS) is 12.0. The molecule has 0 aliphatic heterocycles. The second-order valence-corrected chi connectivity index (χ2v) is 8.61. The van der Waals surface area contributed by atoms with E-state index in [1.54, 1.807) is 37.4 Å². The Hall–Kier alpha value is -2.58. The Balaban J connectivity index is 2.07. The lowest BCUT2D eigenvalue weighted by molar-refractivity contribution is -0.123. The third kappa shape index (κ3) is 7.24. The zero-order valence-corrected chi connectivity index (χ0v) is 20.8. The van der Waals surface area contributed by atoms with Crippen molar-refractivity contribution in [3.63, 3.8) is 0 Å². The Kier molecular flexibility index (Phi) is 9.99. The molecule has 0 aromatic heterocycles. The molecule has 0 aliphatic carbocycles. The topological polar surface area (TPSA) is 89.0 Å². The fraction of sp³-hybridized carbons (Fsp3) is 0.348. The van der Waals surface area contributed by atoms with Gasteiger partial charge < -0.3 is 14.8 Å². The van der Waals surface area contributed by atoms with E-state index in [1.807, 2.05) is 26.8 Å². The maximum Gasteiger partial charge on any atom is 0.262 e. The summed E-state index contributed by atoms with van der Waals surface area (Å²) < 4.78 is 11.8. The fourth-order valence-electron chi connectivity index (χ4n) is 2.76. The first-order chi connectivity index (χ1) is 15.3. The summed E-state index contributed by atoms with van der Waals surface area (Å²) in [5, 5.41) is 7.31. The number of benzene rings is 2. The summed E-state index contributed by atoms with van der Waals surface area (Å²) in [5.74, 6) is 0.227. The van der Waals surface area contributed by atoms with Gasteiger partial charge in [0.05, 0.1) is 24.4 Å². The van der Waals surface area contributed by atoms with Crippen molar-refractivity contribution in [2.45, 2.75) is 33.2 Å². The molecule has 9 heteroatoms. The molecule has 7 nitrogen and oxygen atoms in total. The van der Waals surface area contributed by atoms with Gasteiger partial charge in [0.25, 0.3) is 11.8 Å². The molecule has 0 spiro atoms. The highest BCUT2D eigenvalue weighted by Crippen LogP contribution is 2.36. The molecule has 0 saturated carbocycles. The van der Waals surface area contributed by atoms with Crippen LogP contribution in [0.15, 0.2) is 46.0 Å². The summed E-state index contributed by atoms with van der Waals surface area (Å²) in [6.45, 7) is 6.27. The average molecular weight is 525 g/mol. The largest absolute Gasteiger partial charge is 0.493 e. The molecule has 2 aromatic carbocycles. The van der Waals surface area contributed by atoms with Crippen molar-refractivity contribution in [1.29, 1.82) is 0 Å². The van der Waals surface area contributed by atoms with Gasteiger partial charge >= 0.3 is 0 Å². The van der Waals surface area contributed by atoms with Crippen LogP contribution in [0.5, 0.6) is 11.5 Å². The Labute approximate surface area is 201 Å². The van der Waals surface area contributed by atoms with Gasteiger partial charge in [-0.05, 0) is 70.2 Å². The first kappa shape index (κ1) is 25.7. The van der Waals surface area contributed by atoms with E-state index in [-0.39, 0.29) is 11.8 Å². The predicted octanol–water partition coefficient (Wildman–Crippen LogP) is 4.80. The van der Waals surface area contributed by atoms with Gasteiger partial charge in [0.15, 0.2) is 11.5 Å². The molecule has 172 valence electrons. The summed E-state index contributed by atoms with van der Waals surface area (Å²) in [5.41, 5.74) is 3.61. The van der Waals surface area contributed by atoms with Gasteiger partial charge in [0.2, 0.25) is 0 Å². The second kappa shape index (κ2) is 12.5. The lowest BCUT2D eigenvalue weighted by Gasteiger charge is -2.20. The number of carbonyl (C=O) groups excluding carboxylic acids is 2. The van der Waals surface area contributed by atoms with Crippen LogP contribution in [0.4, 0.5) is 0 Å². The summed E-state index contributed by atoms with van der Waals surface area (Å²) >= 11 is 9.34. The van der Waals surface area contributed by atoms with E-state index in [1.165, 1.54) is 6.21 Å². The van der Waals surface area contributed by atoms with Crippen LogP contribution >= 0.6 is 27.5 Å². The van der Waals surface area contributed by atoms with Crippen LogP contribution in [0.3, 0.4) is 0 Å². The van der Waals surface area contributed by atoms with Crippen LogP contribution in [0.2, 0.25) is 5.02 Å². The number of amides is 2. The standard InChI is InChI=1S/C23H27BrClN3O4/c1-5-10-32-21-18(24)11-15(12-19(21)31-4)13-26-28-23(30)20(14(2)3)27-22(29)16-6-8-17(25)9-7-16/h6-9,11-14,20H,5,10H2,1-4H3,(H,27,29)(H,28,30). The number of methoxy groups -OCH3 is 1. The molecule has 2 rings (SSSR count). The molecule has 0 radical (unpaired) electrons. The number of hydrogen-bond acceptors (Lipinski definition) is 5. The number of nitrogens with zero attached hydrogens (tertiary/aromatic N) is 1. The van der Waals surface area contributed by atoms with E-state index < -0.39 is 11.9 Å². The molecule has 2 N–H and O–H groups in total. The third-order valence-electron chi connectivity index (χ3n) is 4.43. The maximum absolute atomic E-state index is 12.6. The highest BCUT2D eigenvalue weighted by atomic mass is 79.9. The third-order valence-corrected chi connectivity index (χ3v) is 5.27. The van der Waals surface area contributed by atoms with Gasteiger partial charge in [-0.3, -0.25) is 9.59 Å². The van der Waals surface area contributed by atoms with Crippen LogP contribution in [-0.4, -0.2) is 37.8 Å². The van der Waals surface area contributed by atoms with Gasteiger partial charge in [0.1, 0.15) is 6.04 Å². The van der Waals surface area contributed by atoms with Crippen molar-refractivity contribution >= 4 is 45.6 Å². The molecule has 32 heavy (non-hydrogen) atoms. The zero-order valence-electron chi connectivity index (χ0n) is 18.4. The monoisotopic (exact) mass is 523 g/mol. The summed E-state index contributed by atoms with van der Waals surface area (Å²) in [6.07, 6.45) is 2.36. The van der Waals surface area contributed by atoms with E-state index in [2.05, 4.69) is 31.8 Å². The lowest BCUT2D eigenvalue weighted by atomic mass is 10.0. The van der Waals surface area contributed by atoms with Crippen molar-refractivity contribution in [2.24, 2.45) is 11.0 Å². The summed E-state index contributed by atoms with van der Waals surface area (Å²) in [7, 11) is 1.56. The number of carbonyl (C=O) groups is 2. The number of halogens is 2. The molecule has 0 aliphatic rings. The Morgan fingerprint density at radius 3 is 2.50 bits per heavy atom. The van der Waals surface area contributed by atoms with Crippen molar-refractivity contribution in [2.75, 3.05) is 13.7 Å². The molecule has 2 amide bonds. The van der Waals surface area contributed by atoms with E-state index in [0.717, 1.165) is 6.42 Å². The first-order valence-corrected chi connectivity index (χ1v) is 11.3. The number of nitrogens with one attached hydrogen (secondary N) is 2. The minimum Gasteiger partial charge on any atom is -0.493 e. The van der Waals surface area contributed by atoms with Crippen LogP contribution in [0.1, 0.15) is 43.1 Å². The first-order valence-electron chi connectivity index (χ1n) is 10.2. The molecular formula is C23H27BrClN3O4. The van der Waals surface area contributed by atoms with Crippen molar-refractivity contribution in [3.05, 3.63) is 57.0 Å². The fourth-order valence-corrected chi connectivity index (χ4v) is 3.46. The van der Waals surface area contributed by atoms with Crippen molar-refractivity contribution in [3.8, 4) is 11.5 Å². The van der Waals surface area contributed by atoms with E-state index in [0.29, 0.717) is 38.7 Å². The quantitative estimate of drug-likeness (QED) is 0.345. The predicted molar refractivity (Wildman–Crippen MR) is 130 cm³/mol. The zero-order chi connectivity index (χ0) is 23.7. The van der Waals surface area contributed by atoms with Gasteiger partial charge in [-0.15, -0.1) is 0 Å². The van der Waals surface area contributed by atoms with Crippen LogP contribution in [0.25, 0.3) is 0 Å². The van der Waals surface area contributed by atoms with Gasteiger partial charge in [0, 0.05) is 10.6 Å². The van der Waals surface area contributed by atoms with E-state index >= 15 is 0 Å². The molecule has 0 bridgehead atoms. The highest BCUT2D eigenvalue weighted by molar-refractivity contribution is 9.10. The molecule has 2 aromatic rings. The SMILES string of the molecule is CCCOc1c(Br)cc(C=NNC(=O)C(NC(=O)c2ccc(Cl)cc2)C(C)C)cc1OC. The Morgan fingerprint density at radius 1 is 1.22 bits per heavy atom. The Morgan fingerprint density at radius 2 is 1.91 bits per heavy atom. The number of hydrogen-bond donors (Lipinski definition) is 2. The minimum atomic E-state index is -0.763. The Bertz CT molecular complexity index is 964. The molecule has 1 atom stereocenters. The molecule has 1 unspecified atom stereocenters. The van der Waals surface area contributed by atoms with E-state index in [4.69, 9.17) is 21.1 Å². The molecule has 0 heterocycles. The molecule has 0 saturated heterocycles. The number of rotatable bonds is 10. The smallest absolute Gasteiger partial charge is 0.262 e.